The SMILES string of the molecule is CC[C@@H](C(=O)NC1CCCC1)N(Cc1ccccc1)C(=O)CN(c1ccccc1)S(=O)(=O)c1ccc(Cl)cc1. The van der Waals surface area contributed by atoms with Crippen LogP contribution in [0.2, 0.25) is 5.02 Å². The number of para-hydroxylation sites is 1. The molecule has 0 unspecified atom stereocenters. The van der Waals surface area contributed by atoms with Gasteiger partial charge >= 0.3 is 0 Å². The molecule has 0 heterocycles. The summed E-state index contributed by atoms with van der Waals surface area (Å²) in [7, 11) is -4.12. The van der Waals surface area contributed by atoms with E-state index in [0.29, 0.717) is 17.1 Å². The first-order chi connectivity index (χ1) is 18.8. The first kappa shape index (κ1) is 28.6. The fourth-order valence-corrected chi connectivity index (χ4v) is 6.46. The summed E-state index contributed by atoms with van der Waals surface area (Å²) in [6.07, 6.45) is 4.39. The predicted octanol–water partition coefficient (Wildman–Crippen LogP) is 5.40. The number of carbonyl (C=O) groups is 2. The Morgan fingerprint density at radius 2 is 1.51 bits per heavy atom. The lowest BCUT2D eigenvalue weighted by molar-refractivity contribution is -0.140. The predicted molar refractivity (Wildman–Crippen MR) is 154 cm³/mol. The van der Waals surface area contributed by atoms with Crippen molar-refractivity contribution in [2.75, 3.05) is 10.8 Å². The van der Waals surface area contributed by atoms with Gasteiger partial charge in [0.1, 0.15) is 12.6 Å². The van der Waals surface area contributed by atoms with Crippen LogP contribution in [0, 0.1) is 0 Å². The zero-order chi connectivity index (χ0) is 27.8. The highest BCUT2D eigenvalue weighted by atomic mass is 35.5. The maximum absolute atomic E-state index is 14.0. The molecule has 0 spiro atoms. The molecule has 39 heavy (non-hydrogen) atoms. The largest absolute Gasteiger partial charge is 0.352 e. The van der Waals surface area contributed by atoms with E-state index in [1.165, 1.54) is 29.2 Å². The van der Waals surface area contributed by atoms with E-state index >= 15 is 0 Å². The van der Waals surface area contributed by atoms with Gasteiger partial charge in [-0.05, 0) is 61.2 Å². The Hall–Kier alpha value is -3.36. The zero-order valence-corrected chi connectivity index (χ0v) is 23.6. The van der Waals surface area contributed by atoms with Crippen LogP contribution in [0.4, 0.5) is 5.69 Å². The lowest BCUT2D eigenvalue weighted by Gasteiger charge is -2.33. The molecule has 0 aliphatic heterocycles. The number of amides is 2. The maximum Gasteiger partial charge on any atom is 0.264 e. The molecular weight excluding hydrogens is 534 g/mol. The van der Waals surface area contributed by atoms with Gasteiger partial charge in [0.25, 0.3) is 10.0 Å². The molecule has 1 N–H and O–H groups in total. The van der Waals surface area contributed by atoms with Gasteiger partial charge in [-0.1, -0.05) is 79.9 Å². The third-order valence-corrected chi connectivity index (χ3v) is 9.05. The molecule has 3 aromatic carbocycles. The molecule has 9 heteroatoms. The monoisotopic (exact) mass is 567 g/mol. The Bertz CT molecular complexity index is 1350. The summed E-state index contributed by atoms with van der Waals surface area (Å²) >= 11 is 6.00. The molecule has 1 atom stereocenters. The van der Waals surface area contributed by atoms with E-state index < -0.39 is 28.5 Å². The number of sulfonamides is 1. The number of carbonyl (C=O) groups excluding carboxylic acids is 2. The Kier molecular flexibility index (Phi) is 9.64. The van der Waals surface area contributed by atoms with Crippen LogP contribution in [0.25, 0.3) is 0 Å². The van der Waals surface area contributed by atoms with Gasteiger partial charge < -0.3 is 10.2 Å². The standard InChI is InChI=1S/C30H34ClN3O4S/c1-2-28(30(36)32-25-13-9-10-14-25)33(21-23-11-5-3-6-12-23)29(35)22-34(26-15-7-4-8-16-26)39(37,38)27-19-17-24(31)18-20-27/h3-8,11-12,15-20,25,28H,2,9-10,13-14,21-22H2,1H3,(H,32,36)/t28-/m0/s1. The van der Waals surface area contributed by atoms with E-state index in [9.17, 15) is 18.0 Å². The van der Waals surface area contributed by atoms with Crippen LogP contribution in [0.15, 0.2) is 89.8 Å². The van der Waals surface area contributed by atoms with Crippen molar-refractivity contribution < 1.29 is 18.0 Å². The maximum atomic E-state index is 14.0. The van der Waals surface area contributed by atoms with Crippen molar-refractivity contribution in [3.05, 3.63) is 95.5 Å². The summed E-state index contributed by atoms with van der Waals surface area (Å²) in [6, 6.07) is 23.1. The number of halogens is 1. The van der Waals surface area contributed by atoms with Crippen LogP contribution < -0.4 is 9.62 Å². The molecule has 2 amide bonds. The quantitative estimate of drug-likeness (QED) is 0.336. The second kappa shape index (κ2) is 13.1. The lowest BCUT2D eigenvalue weighted by Crippen LogP contribution is -2.53. The Morgan fingerprint density at radius 1 is 0.923 bits per heavy atom. The van der Waals surface area contributed by atoms with Gasteiger partial charge in [0, 0.05) is 17.6 Å². The smallest absolute Gasteiger partial charge is 0.264 e. The molecule has 0 bridgehead atoms. The summed E-state index contributed by atoms with van der Waals surface area (Å²) in [5, 5.41) is 3.53. The van der Waals surface area contributed by atoms with E-state index in [1.807, 2.05) is 37.3 Å². The highest BCUT2D eigenvalue weighted by Crippen LogP contribution is 2.26. The van der Waals surface area contributed by atoms with Crippen LogP contribution in [0.3, 0.4) is 0 Å². The molecule has 0 aromatic heterocycles. The molecular formula is C30H34ClN3O4S. The van der Waals surface area contributed by atoms with Crippen LogP contribution >= 0.6 is 11.6 Å². The summed E-state index contributed by atoms with van der Waals surface area (Å²) in [4.78, 5) is 29.0. The van der Waals surface area contributed by atoms with Gasteiger partial charge in [-0.2, -0.15) is 0 Å². The topological polar surface area (TPSA) is 86.8 Å². The molecule has 206 valence electrons. The normalized spacial score (nSPS) is 14.5. The summed E-state index contributed by atoms with van der Waals surface area (Å²) in [5.41, 5.74) is 1.20. The molecule has 3 aromatic rings. The molecule has 1 aliphatic rings. The Balaban J connectivity index is 1.68. The summed E-state index contributed by atoms with van der Waals surface area (Å²) < 4.78 is 28.7. The molecule has 1 fully saturated rings. The lowest BCUT2D eigenvalue weighted by atomic mass is 10.1. The van der Waals surface area contributed by atoms with Crippen LogP contribution in [-0.4, -0.2) is 43.8 Å². The molecule has 0 radical (unpaired) electrons. The van der Waals surface area contributed by atoms with E-state index in [2.05, 4.69) is 5.32 Å². The van der Waals surface area contributed by atoms with Crippen molar-refractivity contribution in [3.63, 3.8) is 0 Å². The molecule has 1 saturated carbocycles. The molecule has 1 aliphatic carbocycles. The average molecular weight is 568 g/mol. The minimum atomic E-state index is -4.12. The fourth-order valence-electron chi connectivity index (χ4n) is 4.92. The van der Waals surface area contributed by atoms with E-state index in [0.717, 1.165) is 35.6 Å². The highest BCUT2D eigenvalue weighted by Gasteiger charge is 2.34. The number of hydrogen-bond donors (Lipinski definition) is 1. The molecule has 4 rings (SSSR count). The van der Waals surface area contributed by atoms with Crippen molar-refractivity contribution >= 4 is 39.1 Å². The molecule has 7 nitrogen and oxygen atoms in total. The van der Waals surface area contributed by atoms with Crippen LogP contribution in [0.1, 0.15) is 44.6 Å². The van der Waals surface area contributed by atoms with Gasteiger partial charge in [-0.3, -0.25) is 13.9 Å². The summed E-state index contributed by atoms with van der Waals surface area (Å²) in [5.74, 6) is -0.672. The number of nitrogens with zero attached hydrogens (tertiary/aromatic N) is 2. The van der Waals surface area contributed by atoms with Crippen molar-refractivity contribution in [2.45, 2.75) is 62.6 Å². The zero-order valence-electron chi connectivity index (χ0n) is 22.0. The van der Waals surface area contributed by atoms with Crippen molar-refractivity contribution in [1.82, 2.24) is 10.2 Å². The van der Waals surface area contributed by atoms with E-state index in [-0.39, 0.29) is 23.4 Å². The summed E-state index contributed by atoms with van der Waals surface area (Å²) in [6.45, 7) is 1.58. The Morgan fingerprint density at radius 3 is 2.10 bits per heavy atom. The number of nitrogens with one attached hydrogen (secondary N) is 1. The first-order valence-corrected chi connectivity index (χ1v) is 15.1. The minimum Gasteiger partial charge on any atom is -0.352 e. The van der Waals surface area contributed by atoms with Crippen molar-refractivity contribution in [1.29, 1.82) is 0 Å². The minimum absolute atomic E-state index is 0.0178. The fraction of sp³-hybridized carbons (Fsp3) is 0.333. The number of benzene rings is 3. The van der Waals surface area contributed by atoms with Gasteiger partial charge in [-0.25, -0.2) is 8.42 Å². The second-order valence-corrected chi connectivity index (χ2v) is 12.0. The Labute approximate surface area is 235 Å². The van der Waals surface area contributed by atoms with Gasteiger partial charge in [0.05, 0.1) is 10.6 Å². The average Bonchev–Trinajstić information content (AvgIpc) is 3.45. The van der Waals surface area contributed by atoms with Gasteiger partial charge in [-0.15, -0.1) is 0 Å². The van der Waals surface area contributed by atoms with E-state index in [1.54, 1.807) is 30.3 Å². The van der Waals surface area contributed by atoms with Crippen molar-refractivity contribution in [2.24, 2.45) is 0 Å². The first-order valence-electron chi connectivity index (χ1n) is 13.3. The third kappa shape index (κ3) is 7.19. The van der Waals surface area contributed by atoms with Gasteiger partial charge in [0.15, 0.2) is 0 Å². The number of anilines is 1. The van der Waals surface area contributed by atoms with Crippen LogP contribution in [-0.2, 0) is 26.2 Å². The second-order valence-electron chi connectivity index (χ2n) is 9.72. The highest BCUT2D eigenvalue weighted by molar-refractivity contribution is 7.92. The third-order valence-electron chi connectivity index (χ3n) is 7.01. The van der Waals surface area contributed by atoms with E-state index in [4.69, 9.17) is 11.6 Å². The van der Waals surface area contributed by atoms with Gasteiger partial charge in [0.2, 0.25) is 11.8 Å². The molecule has 0 saturated heterocycles. The number of rotatable bonds is 11. The number of hydrogen-bond acceptors (Lipinski definition) is 4. The van der Waals surface area contributed by atoms with Crippen molar-refractivity contribution in [3.8, 4) is 0 Å². The van der Waals surface area contributed by atoms with Crippen LogP contribution in [0.5, 0.6) is 0 Å².